The van der Waals surface area contributed by atoms with Crippen LogP contribution in [0.5, 0.6) is 0 Å². The molecule has 2 amide bonds. The maximum Gasteiger partial charge on any atom is 0.416 e. The molecule has 1 heterocycles. The summed E-state index contributed by atoms with van der Waals surface area (Å²) in [6.07, 6.45) is -3.13. The van der Waals surface area contributed by atoms with Crippen molar-refractivity contribution in [3.05, 3.63) is 63.7 Å². The van der Waals surface area contributed by atoms with E-state index in [2.05, 4.69) is 5.32 Å². The van der Waals surface area contributed by atoms with Gasteiger partial charge in [0, 0.05) is 18.3 Å². The van der Waals surface area contributed by atoms with Crippen LogP contribution in [0.3, 0.4) is 0 Å². The molecule has 1 fully saturated rings. The number of amides is 2. The van der Waals surface area contributed by atoms with Crippen molar-refractivity contribution in [3.8, 4) is 0 Å². The van der Waals surface area contributed by atoms with Gasteiger partial charge < -0.3 is 11.1 Å². The van der Waals surface area contributed by atoms with Crippen molar-refractivity contribution in [1.29, 1.82) is 0 Å². The SMILES string of the molecule is NC(=O)C1CCCN1Cc1cccc(NC(=O)CSc2ccc(C(F)(F)F)cc2[N+](=O)[O-])c1. The predicted molar refractivity (Wildman–Crippen MR) is 117 cm³/mol. The number of nitrogens with one attached hydrogen (secondary N) is 1. The summed E-state index contributed by atoms with van der Waals surface area (Å²) in [6, 6.07) is 8.89. The summed E-state index contributed by atoms with van der Waals surface area (Å²) in [7, 11) is 0. The number of hydrogen-bond acceptors (Lipinski definition) is 6. The molecule has 2 aromatic rings. The third-order valence-electron chi connectivity index (χ3n) is 5.13. The van der Waals surface area contributed by atoms with Crippen LogP contribution in [0.1, 0.15) is 24.0 Å². The van der Waals surface area contributed by atoms with E-state index in [4.69, 9.17) is 5.73 Å². The number of nitrogens with zero attached hydrogens (tertiary/aromatic N) is 2. The summed E-state index contributed by atoms with van der Waals surface area (Å²) < 4.78 is 38.5. The molecule has 3 N–H and O–H groups in total. The molecule has 8 nitrogen and oxygen atoms in total. The summed E-state index contributed by atoms with van der Waals surface area (Å²) in [5, 5.41) is 13.8. The lowest BCUT2D eigenvalue weighted by Gasteiger charge is -2.22. The number of nitro groups is 1. The molecular weight excluding hydrogens is 461 g/mol. The lowest BCUT2D eigenvalue weighted by Crippen LogP contribution is -2.39. The molecule has 33 heavy (non-hydrogen) atoms. The molecule has 0 aliphatic carbocycles. The van der Waals surface area contributed by atoms with Gasteiger partial charge in [-0.3, -0.25) is 24.6 Å². The topological polar surface area (TPSA) is 119 Å². The van der Waals surface area contributed by atoms with Gasteiger partial charge in [0.25, 0.3) is 5.69 Å². The van der Waals surface area contributed by atoms with Crippen LogP contribution in [0, 0.1) is 10.1 Å². The largest absolute Gasteiger partial charge is 0.416 e. The van der Waals surface area contributed by atoms with E-state index in [-0.39, 0.29) is 22.6 Å². The zero-order chi connectivity index (χ0) is 24.2. The van der Waals surface area contributed by atoms with Gasteiger partial charge in [0.05, 0.1) is 27.2 Å². The highest BCUT2D eigenvalue weighted by atomic mass is 32.2. The summed E-state index contributed by atoms with van der Waals surface area (Å²) in [6.45, 7) is 1.23. The Bertz CT molecular complexity index is 1060. The number of nitrogens with two attached hydrogens (primary N) is 1. The van der Waals surface area contributed by atoms with E-state index < -0.39 is 28.3 Å². The van der Waals surface area contributed by atoms with E-state index in [1.807, 2.05) is 11.0 Å². The number of hydrogen-bond donors (Lipinski definition) is 2. The molecule has 0 saturated carbocycles. The number of alkyl halides is 3. The molecule has 176 valence electrons. The molecule has 0 radical (unpaired) electrons. The van der Waals surface area contributed by atoms with Crippen LogP contribution in [0.4, 0.5) is 24.5 Å². The van der Waals surface area contributed by atoms with E-state index in [9.17, 15) is 32.9 Å². The molecule has 3 rings (SSSR count). The minimum absolute atomic E-state index is 0.0385. The van der Waals surface area contributed by atoms with E-state index >= 15 is 0 Å². The Kier molecular flexibility index (Phi) is 7.59. The van der Waals surface area contributed by atoms with Crippen LogP contribution in [-0.4, -0.2) is 40.0 Å². The molecular formula is C21H21F3N4O4S. The van der Waals surface area contributed by atoms with Crippen LogP contribution >= 0.6 is 11.8 Å². The Hall–Kier alpha value is -3.12. The van der Waals surface area contributed by atoms with Crippen LogP contribution in [0.2, 0.25) is 0 Å². The van der Waals surface area contributed by atoms with E-state index in [1.54, 1.807) is 18.2 Å². The van der Waals surface area contributed by atoms with Gasteiger partial charge in [-0.05, 0) is 49.2 Å². The maximum atomic E-state index is 12.8. The number of primary amides is 1. The van der Waals surface area contributed by atoms with Crippen molar-refractivity contribution in [2.24, 2.45) is 5.73 Å². The van der Waals surface area contributed by atoms with Crippen LogP contribution < -0.4 is 11.1 Å². The van der Waals surface area contributed by atoms with Gasteiger partial charge in [0.1, 0.15) is 0 Å². The third-order valence-corrected chi connectivity index (χ3v) is 6.19. The fraction of sp³-hybridized carbons (Fsp3) is 0.333. The quantitative estimate of drug-likeness (QED) is 0.336. The number of carbonyl (C=O) groups is 2. The third kappa shape index (κ3) is 6.45. The predicted octanol–water partition coefficient (Wildman–Crippen LogP) is 3.79. The van der Waals surface area contributed by atoms with E-state index in [0.717, 1.165) is 42.4 Å². The Balaban J connectivity index is 1.62. The normalized spacial score (nSPS) is 16.5. The van der Waals surface area contributed by atoms with Gasteiger partial charge in [-0.1, -0.05) is 12.1 Å². The average molecular weight is 482 g/mol. The van der Waals surface area contributed by atoms with Crippen LogP contribution in [0.15, 0.2) is 47.4 Å². The number of halogens is 3. The highest BCUT2D eigenvalue weighted by molar-refractivity contribution is 8.00. The van der Waals surface area contributed by atoms with Gasteiger partial charge in [-0.25, -0.2) is 0 Å². The van der Waals surface area contributed by atoms with Gasteiger partial charge in [-0.2, -0.15) is 13.2 Å². The Morgan fingerprint density at radius 3 is 2.67 bits per heavy atom. The smallest absolute Gasteiger partial charge is 0.368 e. The van der Waals surface area contributed by atoms with Gasteiger partial charge in [0.15, 0.2) is 0 Å². The summed E-state index contributed by atoms with van der Waals surface area (Å²) in [5.74, 6) is -1.07. The molecule has 0 bridgehead atoms. The molecule has 0 spiro atoms. The number of thioether (sulfide) groups is 1. The monoisotopic (exact) mass is 482 g/mol. The number of nitro benzene ring substituents is 1. The van der Waals surface area contributed by atoms with Gasteiger partial charge in [0.2, 0.25) is 11.8 Å². The summed E-state index contributed by atoms with van der Waals surface area (Å²) in [4.78, 5) is 36.1. The lowest BCUT2D eigenvalue weighted by molar-refractivity contribution is -0.388. The molecule has 0 aromatic heterocycles. The highest BCUT2D eigenvalue weighted by Crippen LogP contribution is 2.36. The second kappa shape index (κ2) is 10.2. The van der Waals surface area contributed by atoms with Gasteiger partial charge >= 0.3 is 6.18 Å². The number of likely N-dealkylation sites (tertiary alicyclic amines) is 1. The van der Waals surface area contributed by atoms with E-state index in [0.29, 0.717) is 24.7 Å². The Labute approximate surface area is 191 Å². The molecule has 1 unspecified atom stereocenters. The number of carbonyl (C=O) groups excluding carboxylic acids is 2. The van der Waals surface area contributed by atoms with Crippen molar-refractivity contribution in [2.45, 2.75) is 36.5 Å². The first kappa shape index (κ1) is 24.5. The summed E-state index contributed by atoms with van der Waals surface area (Å²) >= 11 is 0.775. The Morgan fingerprint density at radius 2 is 2.00 bits per heavy atom. The minimum atomic E-state index is -4.71. The molecule has 1 atom stereocenters. The van der Waals surface area contributed by atoms with Gasteiger partial charge in [-0.15, -0.1) is 11.8 Å². The second-order valence-corrected chi connectivity index (χ2v) is 8.52. The minimum Gasteiger partial charge on any atom is -0.368 e. The maximum absolute atomic E-state index is 12.8. The van der Waals surface area contributed by atoms with Crippen LogP contribution in [-0.2, 0) is 22.3 Å². The highest BCUT2D eigenvalue weighted by Gasteiger charge is 2.33. The average Bonchev–Trinajstić information content (AvgIpc) is 3.20. The zero-order valence-electron chi connectivity index (χ0n) is 17.3. The van der Waals surface area contributed by atoms with Crippen molar-refractivity contribution in [2.75, 3.05) is 17.6 Å². The standard InChI is InChI=1S/C21H21F3N4O4S/c22-21(23,24)14-6-7-18(17(10-14)28(31)32)33-12-19(29)26-15-4-1-3-13(9-15)11-27-8-2-5-16(27)20(25)30/h1,3-4,6-7,9-10,16H,2,5,8,11-12H2,(H2,25,30)(H,26,29). The number of benzene rings is 2. The Morgan fingerprint density at radius 1 is 1.24 bits per heavy atom. The van der Waals surface area contributed by atoms with Crippen molar-refractivity contribution in [3.63, 3.8) is 0 Å². The number of rotatable bonds is 8. The summed E-state index contributed by atoms with van der Waals surface area (Å²) in [5.41, 5.74) is 4.97. The fourth-order valence-electron chi connectivity index (χ4n) is 3.62. The number of anilines is 1. The molecule has 12 heteroatoms. The molecule has 1 aliphatic heterocycles. The first-order chi connectivity index (χ1) is 15.5. The van der Waals surface area contributed by atoms with Crippen LogP contribution in [0.25, 0.3) is 0 Å². The fourth-order valence-corrected chi connectivity index (χ4v) is 4.42. The molecule has 1 saturated heterocycles. The van der Waals surface area contributed by atoms with Crippen molar-refractivity contribution < 1.29 is 27.7 Å². The first-order valence-electron chi connectivity index (χ1n) is 9.95. The molecule has 1 aliphatic rings. The lowest BCUT2D eigenvalue weighted by atomic mass is 10.1. The first-order valence-corrected chi connectivity index (χ1v) is 10.9. The van der Waals surface area contributed by atoms with E-state index in [1.165, 1.54) is 0 Å². The molecule has 2 aromatic carbocycles. The van der Waals surface area contributed by atoms with Crippen molar-refractivity contribution >= 4 is 35.0 Å². The second-order valence-electron chi connectivity index (χ2n) is 7.51. The zero-order valence-corrected chi connectivity index (χ0v) is 18.1. The van der Waals surface area contributed by atoms with Crippen molar-refractivity contribution in [1.82, 2.24) is 4.90 Å².